The second kappa shape index (κ2) is 5.51. The van der Waals surface area contributed by atoms with Gasteiger partial charge in [0.1, 0.15) is 17.1 Å². The van der Waals surface area contributed by atoms with E-state index in [-0.39, 0.29) is 21.2 Å². The van der Waals surface area contributed by atoms with Crippen LogP contribution in [-0.2, 0) is 17.1 Å². The number of hydrogen-bond acceptors (Lipinski definition) is 4. The highest BCUT2D eigenvalue weighted by atomic mass is 32.2. The Balaban J connectivity index is 2.33. The molecule has 0 atom stereocenters. The van der Waals surface area contributed by atoms with E-state index >= 15 is 0 Å². The number of aliphatic hydroxyl groups is 1. The van der Waals surface area contributed by atoms with Crippen LogP contribution in [0, 0.1) is 6.92 Å². The number of halogens is 3. The van der Waals surface area contributed by atoms with E-state index in [1.54, 1.807) is 25.1 Å². The van der Waals surface area contributed by atoms with Gasteiger partial charge in [-0.1, -0.05) is 24.3 Å². The zero-order valence-corrected chi connectivity index (χ0v) is 14.1. The Hall–Kier alpha value is -2.49. The number of sulfonamides is 1. The molecule has 1 aromatic heterocycles. The van der Waals surface area contributed by atoms with Gasteiger partial charge in [-0.3, -0.25) is 8.99 Å². The third-order valence-electron chi connectivity index (χ3n) is 3.78. The highest BCUT2D eigenvalue weighted by Crippen LogP contribution is 2.43. The molecule has 0 saturated carbocycles. The van der Waals surface area contributed by atoms with Gasteiger partial charge in [-0.2, -0.15) is 18.3 Å². The molecule has 6 nitrogen and oxygen atoms in total. The second-order valence-corrected chi connectivity index (χ2v) is 7.46. The van der Waals surface area contributed by atoms with Gasteiger partial charge in [0.25, 0.3) is 10.0 Å². The Morgan fingerprint density at radius 3 is 2.48 bits per heavy atom. The topological polar surface area (TPSA) is 75.4 Å². The number of aliphatic hydroxyl groups excluding tert-OH is 1. The van der Waals surface area contributed by atoms with Crippen LogP contribution in [0.4, 0.5) is 18.9 Å². The minimum Gasteiger partial charge on any atom is -0.504 e. The summed E-state index contributed by atoms with van der Waals surface area (Å²) in [6.45, 7) is -0.107. The molecular weight excluding hydrogens is 359 g/mol. The van der Waals surface area contributed by atoms with Crippen LogP contribution in [-0.4, -0.2) is 36.0 Å². The van der Waals surface area contributed by atoms with Crippen LogP contribution in [0.3, 0.4) is 0 Å². The van der Waals surface area contributed by atoms with Crippen molar-refractivity contribution in [2.75, 3.05) is 10.8 Å². The number of alkyl halides is 3. The van der Waals surface area contributed by atoms with Gasteiger partial charge < -0.3 is 5.11 Å². The highest BCUT2D eigenvalue weighted by molar-refractivity contribution is 8.02. The molecule has 3 rings (SSSR count). The van der Waals surface area contributed by atoms with Crippen LogP contribution in [0.1, 0.15) is 16.8 Å². The molecule has 25 heavy (non-hydrogen) atoms. The van der Waals surface area contributed by atoms with Crippen LogP contribution >= 0.6 is 0 Å². The van der Waals surface area contributed by atoms with Gasteiger partial charge in [0, 0.05) is 18.8 Å². The molecule has 0 spiro atoms. The average Bonchev–Trinajstić information content (AvgIpc) is 2.86. The lowest BCUT2D eigenvalue weighted by Crippen LogP contribution is -2.41. The first-order valence-electron chi connectivity index (χ1n) is 7.15. The monoisotopic (exact) mass is 373 g/mol. The van der Waals surface area contributed by atoms with Gasteiger partial charge in [-0.25, -0.2) is 8.42 Å². The third kappa shape index (κ3) is 2.86. The van der Waals surface area contributed by atoms with Gasteiger partial charge >= 0.3 is 6.18 Å². The standard InChI is InChI=1S/C15H14F3N3O3S/c1-9-5-3-4-6-10(9)14-13(22)12-11(7-20(2)19-12)21(25(14,23)24)8-15(16,17)18/h3-7,22H,8H2,1-2H3. The lowest BCUT2D eigenvalue weighted by atomic mass is 10.1. The van der Waals surface area contributed by atoms with Gasteiger partial charge in [0.2, 0.25) is 0 Å². The second-order valence-electron chi connectivity index (χ2n) is 5.66. The number of aromatic nitrogens is 2. The van der Waals surface area contributed by atoms with Crippen molar-refractivity contribution in [1.82, 2.24) is 9.78 Å². The summed E-state index contributed by atoms with van der Waals surface area (Å²) in [5, 5.41) is 14.4. The van der Waals surface area contributed by atoms with E-state index in [2.05, 4.69) is 5.10 Å². The van der Waals surface area contributed by atoms with E-state index in [4.69, 9.17) is 0 Å². The molecule has 0 saturated heterocycles. The van der Waals surface area contributed by atoms with Crippen molar-refractivity contribution < 1.29 is 26.7 Å². The van der Waals surface area contributed by atoms with Crippen LogP contribution in [0.5, 0.6) is 0 Å². The predicted octanol–water partition coefficient (Wildman–Crippen LogP) is 2.82. The molecule has 0 aliphatic carbocycles. The normalized spacial score (nSPS) is 16.9. The van der Waals surface area contributed by atoms with Crippen molar-refractivity contribution >= 4 is 26.4 Å². The Labute approximate surface area is 141 Å². The summed E-state index contributed by atoms with van der Waals surface area (Å²) in [5.74, 6) is -0.664. The number of rotatable bonds is 2. The molecule has 1 aliphatic rings. The third-order valence-corrected chi connectivity index (χ3v) is 5.61. The van der Waals surface area contributed by atoms with E-state index < -0.39 is 33.4 Å². The highest BCUT2D eigenvalue weighted by Gasteiger charge is 2.45. The molecule has 1 N–H and O–H groups in total. The molecule has 1 aromatic carbocycles. The fourth-order valence-electron chi connectivity index (χ4n) is 2.72. The van der Waals surface area contributed by atoms with Gasteiger partial charge in [0.15, 0.2) is 11.5 Å². The van der Waals surface area contributed by atoms with Crippen LogP contribution < -0.4 is 4.31 Å². The van der Waals surface area contributed by atoms with Gasteiger partial charge in [-0.15, -0.1) is 0 Å². The van der Waals surface area contributed by atoms with E-state index in [1.807, 2.05) is 0 Å². The van der Waals surface area contributed by atoms with Crippen molar-refractivity contribution in [2.24, 2.45) is 7.05 Å². The summed E-state index contributed by atoms with van der Waals surface area (Å²) < 4.78 is 66.1. The smallest absolute Gasteiger partial charge is 0.407 e. The van der Waals surface area contributed by atoms with Crippen molar-refractivity contribution in [3.8, 4) is 0 Å². The first kappa shape index (κ1) is 17.3. The fourth-order valence-corrected chi connectivity index (χ4v) is 4.50. The molecular formula is C15H14F3N3O3S. The number of benzene rings is 1. The number of fused-ring (bicyclic) bond motifs is 1. The summed E-state index contributed by atoms with van der Waals surface area (Å²) in [5.41, 5.74) is 0.108. The van der Waals surface area contributed by atoms with Crippen LogP contribution in [0.2, 0.25) is 0 Å². The van der Waals surface area contributed by atoms with Gasteiger partial charge in [0.05, 0.1) is 0 Å². The quantitative estimate of drug-likeness (QED) is 0.878. The van der Waals surface area contributed by atoms with E-state index in [0.717, 1.165) is 10.9 Å². The number of anilines is 1. The van der Waals surface area contributed by atoms with Crippen molar-refractivity contribution in [1.29, 1.82) is 0 Å². The summed E-state index contributed by atoms with van der Waals surface area (Å²) in [4.78, 5) is -0.582. The summed E-state index contributed by atoms with van der Waals surface area (Å²) >= 11 is 0. The lowest BCUT2D eigenvalue weighted by Gasteiger charge is -2.30. The molecule has 134 valence electrons. The largest absolute Gasteiger partial charge is 0.504 e. The van der Waals surface area contributed by atoms with Crippen molar-refractivity contribution in [2.45, 2.75) is 13.1 Å². The number of hydrogen-bond donors (Lipinski definition) is 1. The number of aryl methyl sites for hydroxylation is 2. The van der Waals surface area contributed by atoms with Crippen LogP contribution in [0.25, 0.3) is 10.7 Å². The maximum atomic E-state index is 13.0. The summed E-state index contributed by atoms with van der Waals surface area (Å²) in [6, 6.07) is 6.23. The molecule has 0 fully saturated rings. The van der Waals surface area contributed by atoms with E-state index in [1.165, 1.54) is 13.1 Å². The van der Waals surface area contributed by atoms with Crippen LogP contribution in [0.15, 0.2) is 30.5 Å². The molecule has 0 amide bonds. The molecule has 2 aromatic rings. The molecule has 0 unspecified atom stereocenters. The van der Waals surface area contributed by atoms with Crippen molar-refractivity contribution in [3.05, 3.63) is 47.3 Å². The average molecular weight is 373 g/mol. The zero-order chi connectivity index (χ0) is 18.6. The SMILES string of the molecule is Cc1ccccc1C1=C(O)c2nn(C)cc2N(CC(F)(F)F)S1(=O)=O. The Bertz CT molecular complexity index is 977. The molecule has 2 heterocycles. The van der Waals surface area contributed by atoms with E-state index in [9.17, 15) is 26.7 Å². The predicted molar refractivity (Wildman–Crippen MR) is 86.2 cm³/mol. The lowest BCUT2D eigenvalue weighted by molar-refractivity contribution is -0.117. The first-order chi connectivity index (χ1) is 11.5. The molecule has 10 heteroatoms. The molecule has 0 radical (unpaired) electrons. The summed E-state index contributed by atoms with van der Waals surface area (Å²) in [7, 11) is -3.20. The summed E-state index contributed by atoms with van der Waals surface area (Å²) in [6.07, 6.45) is -3.63. The van der Waals surface area contributed by atoms with Crippen molar-refractivity contribution in [3.63, 3.8) is 0 Å². The first-order valence-corrected chi connectivity index (χ1v) is 8.59. The zero-order valence-electron chi connectivity index (χ0n) is 13.2. The Morgan fingerprint density at radius 1 is 1.24 bits per heavy atom. The molecule has 0 bridgehead atoms. The fraction of sp³-hybridized carbons (Fsp3) is 0.267. The maximum absolute atomic E-state index is 13.0. The minimum absolute atomic E-state index is 0.128. The van der Waals surface area contributed by atoms with E-state index in [0.29, 0.717) is 5.56 Å². The Morgan fingerprint density at radius 2 is 1.88 bits per heavy atom. The Kier molecular flexibility index (Phi) is 3.82. The minimum atomic E-state index is -4.76. The van der Waals surface area contributed by atoms with Gasteiger partial charge in [-0.05, 0) is 12.5 Å². The maximum Gasteiger partial charge on any atom is 0.407 e. The molecule has 1 aliphatic heterocycles. The number of nitrogens with zero attached hydrogens (tertiary/aromatic N) is 3.